The van der Waals surface area contributed by atoms with E-state index in [-0.39, 0.29) is 29.0 Å². The third-order valence-corrected chi connectivity index (χ3v) is 5.76. The molecule has 0 saturated carbocycles. The second-order valence-corrected chi connectivity index (χ2v) is 8.08. The molecule has 4 aromatic rings. The van der Waals surface area contributed by atoms with E-state index in [0.29, 0.717) is 16.3 Å². The summed E-state index contributed by atoms with van der Waals surface area (Å²) in [5.41, 5.74) is -0.0890. The standard InChI is InChI=1S/C25H21ClFN3O4/c1-15(23(31)28-14-16-7-10-18(27)11-8-16)29-21-13-17(26)9-12-19(21)24(32)30(25(29)33)20-5-3-4-6-22(20)34-2/h3-13,15H,14H2,1-2H3,(H,28,31). The lowest BCUT2D eigenvalue weighted by Crippen LogP contribution is -2.43. The third-order valence-electron chi connectivity index (χ3n) is 5.52. The largest absolute Gasteiger partial charge is 0.495 e. The lowest BCUT2D eigenvalue weighted by molar-refractivity contribution is -0.124. The zero-order chi connectivity index (χ0) is 24.4. The Morgan fingerprint density at radius 1 is 1.09 bits per heavy atom. The molecule has 0 bridgehead atoms. The number of nitrogens with zero attached hydrogens (tertiary/aromatic N) is 2. The van der Waals surface area contributed by atoms with Crippen molar-refractivity contribution in [1.29, 1.82) is 0 Å². The monoisotopic (exact) mass is 481 g/mol. The van der Waals surface area contributed by atoms with Crippen LogP contribution in [0.3, 0.4) is 0 Å². The van der Waals surface area contributed by atoms with Gasteiger partial charge in [0.05, 0.1) is 23.7 Å². The Hall–Kier alpha value is -3.91. The number of nitrogens with one attached hydrogen (secondary N) is 1. The molecule has 174 valence electrons. The summed E-state index contributed by atoms with van der Waals surface area (Å²) < 4.78 is 20.7. The van der Waals surface area contributed by atoms with Crippen LogP contribution in [-0.4, -0.2) is 22.2 Å². The van der Waals surface area contributed by atoms with Gasteiger partial charge in [-0.3, -0.25) is 14.2 Å². The van der Waals surface area contributed by atoms with Gasteiger partial charge in [0.2, 0.25) is 5.91 Å². The average molecular weight is 482 g/mol. The summed E-state index contributed by atoms with van der Waals surface area (Å²) in [7, 11) is 1.44. The van der Waals surface area contributed by atoms with Crippen LogP contribution in [-0.2, 0) is 11.3 Å². The molecule has 0 radical (unpaired) electrons. The first-order valence-electron chi connectivity index (χ1n) is 10.4. The van der Waals surface area contributed by atoms with Crippen LogP contribution in [0.4, 0.5) is 4.39 Å². The number of methoxy groups -OCH3 is 1. The molecule has 1 heterocycles. The lowest BCUT2D eigenvalue weighted by atomic mass is 10.2. The van der Waals surface area contributed by atoms with E-state index in [2.05, 4.69) is 5.32 Å². The average Bonchev–Trinajstić information content (AvgIpc) is 2.83. The predicted octanol–water partition coefficient (Wildman–Crippen LogP) is 3.83. The minimum Gasteiger partial charge on any atom is -0.495 e. The summed E-state index contributed by atoms with van der Waals surface area (Å²) in [6.07, 6.45) is 0. The second kappa shape index (κ2) is 9.52. The van der Waals surface area contributed by atoms with Crippen molar-refractivity contribution in [2.75, 3.05) is 7.11 Å². The number of aromatic nitrogens is 2. The van der Waals surface area contributed by atoms with Crippen LogP contribution in [0.1, 0.15) is 18.5 Å². The zero-order valence-electron chi connectivity index (χ0n) is 18.4. The molecule has 1 aromatic heterocycles. The fraction of sp³-hybridized carbons (Fsp3) is 0.160. The minimum absolute atomic E-state index is 0.142. The van der Waals surface area contributed by atoms with Gasteiger partial charge in [0.25, 0.3) is 5.56 Å². The molecule has 1 N–H and O–H groups in total. The number of ether oxygens (including phenoxy) is 1. The van der Waals surface area contributed by atoms with Crippen molar-refractivity contribution in [3.63, 3.8) is 0 Å². The number of para-hydroxylation sites is 2. The van der Waals surface area contributed by atoms with Crippen molar-refractivity contribution in [2.45, 2.75) is 19.5 Å². The fourth-order valence-corrected chi connectivity index (χ4v) is 3.93. The van der Waals surface area contributed by atoms with Crippen LogP contribution in [0.25, 0.3) is 16.6 Å². The number of carbonyl (C=O) groups is 1. The van der Waals surface area contributed by atoms with Gasteiger partial charge in [-0.2, -0.15) is 0 Å². The highest BCUT2D eigenvalue weighted by Gasteiger charge is 2.24. The Labute approximate surface area is 199 Å². The van der Waals surface area contributed by atoms with Gasteiger partial charge in [0, 0.05) is 11.6 Å². The summed E-state index contributed by atoms with van der Waals surface area (Å²) in [5, 5.41) is 3.28. The number of amides is 1. The molecule has 0 aliphatic carbocycles. The summed E-state index contributed by atoms with van der Waals surface area (Å²) in [4.78, 5) is 40.0. The Balaban J connectivity index is 1.84. The molecule has 1 amide bonds. The molecule has 3 aromatic carbocycles. The number of fused-ring (bicyclic) bond motifs is 1. The van der Waals surface area contributed by atoms with E-state index in [0.717, 1.165) is 4.57 Å². The first-order valence-corrected chi connectivity index (χ1v) is 10.8. The van der Waals surface area contributed by atoms with E-state index in [1.54, 1.807) is 49.4 Å². The highest BCUT2D eigenvalue weighted by molar-refractivity contribution is 6.31. The van der Waals surface area contributed by atoms with Crippen molar-refractivity contribution >= 4 is 28.4 Å². The molecule has 9 heteroatoms. The van der Waals surface area contributed by atoms with E-state index < -0.39 is 23.2 Å². The first-order chi connectivity index (χ1) is 16.3. The molecule has 0 aliphatic rings. The van der Waals surface area contributed by atoms with Gasteiger partial charge in [0.15, 0.2) is 0 Å². The van der Waals surface area contributed by atoms with E-state index in [1.165, 1.54) is 35.9 Å². The SMILES string of the molecule is COc1ccccc1-n1c(=O)c2ccc(Cl)cc2n(C(C)C(=O)NCc2ccc(F)cc2)c1=O. The number of benzene rings is 3. The van der Waals surface area contributed by atoms with Crippen molar-refractivity contribution in [3.05, 3.63) is 104 Å². The van der Waals surface area contributed by atoms with Gasteiger partial charge in [0.1, 0.15) is 17.6 Å². The number of halogens is 2. The Kier molecular flexibility index (Phi) is 6.51. The maximum Gasteiger partial charge on any atom is 0.337 e. The van der Waals surface area contributed by atoms with Crippen molar-refractivity contribution in [1.82, 2.24) is 14.5 Å². The van der Waals surface area contributed by atoms with Crippen molar-refractivity contribution in [3.8, 4) is 11.4 Å². The fourth-order valence-electron chi connectivity index (χ4n) is 3.76. The highest BCUT2D eigenvalue weighted by atomic mass is 35.5. The summed E-state index contributed by atoms with van der Waals surface area (Å²) in [6.45, 7) is 1.70. The van der Waals surface area contributed by atoms with Gasteiger partial charge < -0.3 is 10.1 Å². The molecule has 0 aliphatic heterocycles. The van der Waals surface area contributed by atoms with Crippen molar-refractivity contribution < 1.29 is 13.9 Å². The van der Waals surface area contributed by atoms with Crippen LogP contribution < -0.4 is 21.3 Å². The zero-order valence-corrected chi connectivity index (χ0v) is 19.2. The molecule has 34 heavy (non-hydrogen) atoms. The molecule has 7 nitrogen and oxygen atoms in total. The Morgan fingerprint density at radius 3 is 2.50 bits per heavy atom. The summed E-state index contributed by atoms with van der Waals surface area (Å²) in [5.74, 6) is -0.509. The number of hydrogen-bond donors (Lipinski definition) is 1. The number of carbonyl (C=O) groups excluding carboxylic acids is 1. The topological polar surface area (TPSA) is 82.3 Å². The molecule has 1 atom stereocenters. The van der Waals surface area contributed by atoms with Crippen LogP contribution in [0.2, 0.25) is 5.02 Å². The Bertz CT molecular complexity index is 1500. The van der Waals surface area contributed by atoms with Crippen LogP contribution in [0.5, 0.6) is 5.75 Å². The first kappa shape index (κ1) is 23.3. The van der Waals surface area contributed by atoms with E-state index >= 15 is 0 Å². The molecule has 0 spiro atoms. The molecule has 0 fully saturated rings. The molecular weight excluding hydrogens is 461 g/mol. The molecule has 4 rings (SSSR count). The normalized spacial score (nSPS) is 11.9. The number of hydrogen-bond acceptors (Lipinski definition) is 4. The van der Waals surface area contributed by atoms with E-state index in [9.17, 15) is 18.8 Å². The van der Waals surface area contributed by atoms with Gasteiger partial charge in [-0.05, 0) is 55.0 Å². The van der Waals surface area contributed by atoms with Crippen molar-refractivity contribution in [2.24, 2.45) is 0 Å². The van der Waals surface area contributed by atoms with Crippen LogP contribution >= 0.6 is 11.6 Å². The minimum atomic E-state index is -0.990. The highest BCUT2D eigenvalue weighted by Crippen LogP contribution is 2.23. The smallest absolute Gasteiger partial charge is 0.337 e. The Morgan fingerprint density at radius 2 is 1.79 bits per heavy atom. The van der Waals surface area contributed by atoms with Gasteiger partial charge in [-0.1, -0.05) is 35.9 Å². The quantitative estimate of drug-likeness (QED) is 0.454. The van der Waals surface area contributed by atoms with Crippen LogP contribution in [0, 0.1) is 5.82 Å². The lowest BCUT2D eigenvalue weighted by Gasteiger charge is -2.20. The predicted molar refractivity (Wildman–Crippen MR) is 128 cm³/mol. The maximum atomic E-state index is 13.6. The molecular formula is C25H21ClFN3O4. The maximum absolute atomic E-state index is 13.6. The van der Waals surface area contributed by atoms with Gasteiger partial charge >= 0.3 is 5.69 Å². The van der Waals surface area contributed by atoms with Gasteiger partial charge in [-0.15, -0.1) is 0 Å². The summed E-state index contributed by atoms with van der Waals surface area (Å²) in [6, 6.07) is 15.9. The third kappa shape index (κ3) is 4.32. The van der Waals surface area contributed by atoms with Crippen LogP contribution in [0.15, 0.2) is 76.3 Å². The number of rotatable bonds is 6. The van der Waals surface area contributed by atoms with Gasteiger partial charge in [-0.25, -0.2) is 13.8 Å². The summed E-state index contributed by atoms with van der Waals surface area (Å²) >= 11 is 6.16. The second-order valence-electron chi connectivity index (χ2n) is 7.65. The van der Waals surface area contributed by atoms with E-state index in [1.807, 2.05) is 0 Å². The molecule has 1 unspecified atom stereocenters. The molecule has 0 saturated heterocycles. The van der Waals surface area contributed by atoms with E-state index in [4.69, 9.17) is 16.3 Å².